The molecule has 0 saturated heterocycles. The van der Waals surface area contributed by atoms with E-state index >= 15 is 0 Å². The Balaban J connectivity index is 0.898. The van der Waals surface area contributed by atoms with E-state index in [0.717, 1.165) is 71.8 Å². The van der Waals surface area contributed by atoms with Crippen molar-refractivity contribution in [1.82, 2.24) is 29.7 Å². The quantitative estimate of drug-likeness (QED) is 0.114. The number of pyridine rings is 2. The van der Waals surface area contributed by atoms with E-state index in [4.69, 9.17) is 28.8 Å². The lowest BCUT2D eigenvalue weighted by molar-refractivity contribution is 0.0698. The summed E-state index contributed by atoms with van der Waals surface area (Å²) in [5, 5.41) is 30.2. The van der Waals surface area contributed by atoms with E-state index in [1.165, 1.54) is 0 Å². The van der Waals surface area contributed by atoms with E-state index in [0.29, 0.717) is 56.7 Å². The lowest BCUT2D eigenvalue weighted by Crippen LogP contribution is -2.07. The molecule has 0 radical (unpaired) electrons. The van der Waals surface area contributed by atoms with Crippen LogP contribution in [0.4, 0.5) is 0 Å². The predicted octanol–water partition coefficient (Wildman–Crippen LogP) is 13.4. The normalized spacial score (nSPS) is 12.6. The predicted molar refractivity (Wildman–Crippen MR) is 269 cm³/mol. The summed E-state index contributed by atoms with van der Waals surface area (Å²) >= 11 is 0. The topological polar surface area (TPSA) is 161 Å². The second kappa shape index (κ2) is 16.8. The van der Waals surface area contributed by atoms with Gasteiger partial charge in [0.1, 0.15) is 40.7 Å². The number of aromatic nitrogens is 6. The SMILES string of the molecule is Cc1c(-c2cc(-c3cc(O)[nH]n3)c3c(OC(C)c4ccccc4)ccc(C)c3n2)oc2cc(-c3ccc(C(C)Oc4ccc(C)c5nc(-c6nc7ccccc7n6C)cc(C(=O)O)c45)cc3)ccc12. The summed E-state index contributed by atoms with van der Waals surface area (Å²) in [5.41, 5.74) is 12.8. The van der Waals surface area contributed by atoms with Gasteiger partial charge in [0.2, 0.25) is 5.88 Å². The van der Waals surface area contributed by atoms with Crippen molar-refractivity contribution < 1.29 is 28.9 Å². The van der Waals surface area contributed by atoms with E-state index < -0.39 is 12.1 Å². The highest BCUT2D eigenvalue weighted by Crippen LogP contribution is 2.43. The van der Waals surface area contributed by atoms with Gasteiger partial charge in [-0.1, -0.05) is 91.0 Å². The number of aryl methyl sites for hydroxylation is 4. The van der Waals surface area contributed by atoms with Crippen LogP contribution in [0.2, 0.25) is 0 Å². The smallest absolute Gasteiger partial charge is 0.336 e. The van der Waals surface area contributed by atoms with Crippen molar-refractivity contribution in [2.45, 2.75) is 46.8 Å². The van der Waals surface area contributed by atoms with Crippen LogP contribution in [0.25, 0.3) is 89.2 Å². The van der Waals surface area contributed by atoms with Gasteiger partial charge in [-0.2, -0.15) is 5.10 Å². The summed E-state index contributed by atoms with van der Waals surface area (Å²) in [4.78, 5) is 27.9. The van der Waals surface area contributed by atoms with Crippen LogP contribution in [0.5, 0.6) is 17.4 Å². The number of fused-ring (bicyclic) bond motifs is 4. The van der Waals surface area contributed by atoms with Gasteiger partial charge in [0.15, 0.2) is 11.6 Å². The van der Waals surface area contributed by atoms with Gasteiger partial charge in [-0.3, -0.25) is 0 Å². The Hall–Kier alpha value is -8.77. The number of benzene rings is 6. The molecule has 12 nitrogen and oxygen atoms in total. The van der Waals surface area contributed by atoms with Crippen molar-refractivity contribution in [1.29, 1.82) is 0 Å². The molecule has 0 aliphatic rings. The number of aromatic hydroxyl groups is 1. The van der Waals surface area contributed by atoms with Crippen molar-refractivity contribution in [3.05, 3.63) is 173 Å². The molecule has 2 unspecified atom stereocenters. The summed E-state index contributed by atoms with van der Waals surface area (Å²) in [7, 11) is 1.90. The first-order valence-corrected chi connectivity index (χ1v) is 22.7. The first-order valence-electron chi connectivity index (χ1n) is 22.7. The monoisotopic (exact) mass is 910 g/mol. The van der Waals surface area contributed by atoms with Gasteiger partial charge in [-0.05, 0) is 110 Å². The highest BCUT2D eigenvalue weighted by molar-refractivity contribution is 6.07. The van der Waals surface area contributed by atoms with E-state index in [1.807, 2.05) is 161 Å². The Bertz CT molecular complexity index is 3820. The molecule has 6 aromatic carbocycles. The van der Waals surface area contributed by atoms with Crippen LogP contribution in [0, 0.1) is 20.8 Å². The molecule has 0 amide bonds. The largest absolute Gasteiger partial charge is 0.494 e. The van der Waals surface area contributed by atoms with Gasteiger partial charge in [0.05, 0.1) is 44.1 Å². The minimum atomic E-state index is -1.08. The lowest BCUT2D eigenvalue weighted by Gasteiger charge is -2.19. The first-order chi connectivity index (χ1) is 33.4. The Kier molecular flexibility index (Phi) is 10.5. The maximum absolute atomic E-state index is 12.9. The van der Waals surface area contributed by atoms with Gasteiger partial charge in [0, 0.05) is 29.6 Å². The summed E-state index contributed by atoms with van der Waals surface area (Å²) < 4.78 is 21.8. The zero-order valence-electron chi connectivity index (χ0n) is 38.7. The molecular formula is C57H46N6O6. The van der Waals surface area contributed by atoms with E-state index in [9.17, 15) is 15.0 Å². The Morgan fingerprint density at radius 1 is 0.667 bits per heavy atom. The van der Waals surface area contributed by atoms with Gasteiger partial charge in [-0.15, -0.1) is 0 Å². The highest BCUT2D eigenvalue weighted by Gasteiger charge is 2.25. The fourth-order valence-electron chi connectivity index (χ4n) is 9.34. The molecule has 11 aromatic rings. The first kappa shape index (κ1) is 42.8. The van der Waals surface area contributed by atoms with Gasteiger partial charge in [-0.25, -0.2) is 24.8 Å². The maximum atomic E-state index is 12.9. The van der Waals surface area contributed by atoms with E-state index in [1.54, 1.807) is 12.1 Å². The molecule has 5 heterocycles. The third-order valence-corrected chi connectivity index (χ3v) is 13.1. The van der Waals surface area contributed by atoms with Gasteiger partial charge < -0.3 is 28.7 Å². The molecular weight excluding hydrogens is 865 g/mol. The van der Waals surface area contributed by atoms with Gasteiger partial charge >= 0.3 is 5.97 Å². The number of rotatable bonds is 11. The molecule has 3 N–H and O–H groups in total. The average Bonchev–Trinajstić information content (AvgIpc) is 4.06. The summed E-state index contributed by atoms with van der Waals surface area (Å²) in [6.45, 7) is 9.93. The van der Waals surface area contributed by atoms with Crippen LogP contribution in [0.15, 0.2) is 144 Å². The number of aromatic carboxylic acids is 1. The number of para-hydroxylation sites is 2. The number of aromatic amines is 1. The number of imidazole rings is 1. The molecule has 0 saturated carbocycles. The Morgan fingerprint density at radius 2 is 1.30 bits per heavy atom. The summed E-state index contributed by atoms with van der Waals surface area (Å²) in [6, 6.07) is 45.0. The van der Waals surface area contributed by atoms with Gasteiger partial charge in [0.25, 0.3) is 0 Å². The van der Waals surface area contributed by atoms with E-state index in [-0.39, 0.29) is 17.5 Å². The molecule has 0 fully saturated rings. The zero-order chi connectivity index (χ0) is 47.7. The number of hydrogen-bond acceptors (Lipinski definition) is 9. The molecule has 11 rings (SSSR count). The minimum absolute atomic E-state index is 0.0523. The second-order valence-electron chi connectivity index (χ2n) is 17.6. The number of carboxylic acid groups (broad SMARTS) is 1. The van der Waals surface area contributed by atoms with Crippen molar-refractivity contribution in [2.75, 3.05) is 0 Å². The fraction of sp³-hybridized carbons (Fsp3) is 0.140. The molecule has 0 bridgehead atoms. The molecule has 0 aliphatic heterocycles. The molecule has 69 heavy (non-hydrogen) atoms. The van der Waals surface area contributed by atoms with Crippen LogP contribution < -0.4 is 9.47 Å². The molecule has 2 atom stereocenters. The summed E-state index contributed by atoms with van der Waals surface area (Å²) in [6.07, 6.45) is -0.662. The molecule has 340 valence electrons. The number of carboxylic acids is 1. The zero-order valence-corrected chi connectivity index (χ0v) is 38.7. The molecule has 5 aromatic heterocycles. The number of nitrogens with one attached hydrogen (secondary N) is 1. The Labute approximate surface area is 396 Å². The number of hydrogen-bond donors (Lipinski definition) is 3. The number of furan rings is 1. The van der Waals surface area contributed by atoms with E-state index in [2.05, 4.69) is 22.3 Å². The number of H-pyrrole nitrogens is 1. The van der Waals surface area contributed by atoms with Crippen LogP contribution in [0.1, 0.15) is 64.2 Å². The fourth-order valence-corrected chi connectivity index (χ4v) is 9.34. The lowest BCUT2D eigenvalue weighted by atomic mass is 9.99. The number of carbonyl (C=O) groups is 1. The minimum Gasteiger partial charge on any atom is -0.494 e. The highest BCUT2D eigenvalue weighted by atomic mass is 16.5. The average molecular weight is 911 g/mol. The van der Waals surface area contributed by atoms with Crippen molar-refractivity contribution in [3.63, 3.8) is 0 Å². The Morgan fingerprint density at radius 3 is 1.99 bits per heavy atom. The maximum Gasteiger partial charge on any atom is 0.336 e. The molecule has 0 spiro atoms. The third-order valence-electron chi connectivity index (χ3n) is 13.1. The van der Waals surface area contributed by atoms with Crippen molar-refractivity contribution >= 4 is 49.8 Å². The molecule has 12 heteroatoms. The van der Waals surface area contributed by atoms with Crippen LogP contribution >= 0.6 is 0 Å². The number of nitrogens with zero attached hydrogens (tertiary/aromatic N) is 5. The van der Waals surface area contributed by atoms with Crippen molar-refractivity contribution in [2.24, 2.45) is 7.05 Å². The third kappa shape index (κ3) is 7.56. The van der Waals surface area contributed by atoms with Crippen molar-refractivity contribution in [3.8, 4) is 62.7 Å². The standard InChI is InChI=1S/C57H46N6O6/c1-30-16-24-47(67-33(4)35-12-8-7-9-13-35)51-40(43-29-50(64)62-61-43)27-44(58-53(30)51)55-32(3)39-23-22-38(26-49(39)69-55)37-20-18-36(19-21-37)34(5)68-48-25-17-31(2)54-52(48)41(57(65)66)28-45(59-54)56-60-42-14-10-11-15-46(42)63(56)6/h7-29,33-34H,1-6H3,(H,65,66)(H2,61,62,64). The second-order valence-corrected chi connectivity index (χ2v) is 17.6. The van der Waals surface area contributed by atoms with Crippen LogP contribution in [-0.4, -0.2) is 45.9 Å². The van der Waals surface area contributed by atoms with Crippen LogP contribution in [-0.2, 0) is 7.05 Å². The number of ether oxygens (including phenoxy) is 2. The van der Waals surface area contributed by atoms with Crippen LogP contribution in [0.3, 0.4) is 0 Å². The summed E-state index contributed by atoms with van der Waals surface area (Å²) in [5.74, 6) is 1.15. The molecule has 0 aliphatic carbocycles.